The van der Waals surface area contributed by atoms with Crippen molar-refractivity contribution in [2.45, 2.75) is 6.54 Å². The number of fused-ring (bicyclic) bond motifs is 1. The Labute approximate surface area is 180 Å². The fraction of sp³-hybridized carbons (Fsp3) is 0.167. The molecule has 0 saturated carbocycles. The van der Waals surface area contributed by atoms with Crippen LogP contribution in [0.25, 0.3) is 0 Å². The molecule has 31 heavy (non-hydrogen) atoms. The third-order valence-corrected chi connectivity index (χ3v) is 4.99. The van der Waals surface area contributed by atoms with Crippen LogP contribution in [0.4, 0.5) is 11.4 Å². The zero-order valence-corrected chi connectivity index (χ0v) is 17.3. The van der Waals surface area contributed by atoms with E-state index in [1.165, 1.54) is 14.2 Å². The SMILES string of the molecule is COc1ccc(C(=O)Nc2ccc3c(c2)N(Cc2ccccc2)C(=O)CO3)cc1OC. The van der Waals surface area contributed by atoms with Crippen molar-refractivity contribution in [1.82, 2.24) is 0 Å². The minimum absolute atomic E-state index is 0.0167. The molecule has 7 nitrogen and oxygen atoms in total. The van der Waals surface area contributed by atoms with E-state index in [9.17, 15) is 9.59 Å². The molecule has 1 heterocycles. The second kappa shape index (κ2) is 8.79. The van der Waals surface area contributed by atoms with Crippen LogP contribution in [-0.4, -0.2) is 32.6 Å². The van der Waals surface area contributed by atoms with E-state index in [1.54, 1.807) is 41.3 Å². The fourth-order valence-corrected chi connectivity index (χ4v) is 3.40. The first-order chi connectivity index (χ1) is 15.1. The van der Waals surface area contributed by atoms with Gasteiger partial charge in [0, 0.05) is 11.3 Å². The maximum atomic E-state index is 12.8. The summed E-state index contributed by atoms with van der Waals surface area (Å²) in [4.78, 5) is 27.0. The minimum Gasteiger partial charge on any atom is -0.493 e. The highest BCUT2D eigenvalue weighted by Gasteiger charge is 2.26. The van der Waals surface area contributed by atoms with Crippen LogP contribution in [0.1, 0.15) is 15.9 Å². The summed E-state index contributed by atoms with van der Waals surface area (Å²) in [5.74, 6) is 1.16. The lowest BCUT2D eigenvalue weighted by Crippen LogP contribution is -2.38. The molecule has 4 rings (SSSR count). The molecule has 0 spiro atoms. The molecule has 0 unspecified atom stereocenters. The summed E-state index contributed by atoms with van der Waals surface area (Å²) in [6, 6.07) is 19.9. The normalized spacial score (nSPS) is 12.6. The van der Waals surface area contributed by atoms with E-state index in [4.69, 9.17) is 14.2 Å². The van der Waals surface area contributed by atoms with Crippen LogP contribution in [0.5, 0.6) is 17.2 Å². The van der Waals surface area contributed by atoms with Gasteiger partial charge in [0.05, 0.1) is 26.5 Å². The Morgan fingerprint density at radius 3 is 2.52 bits per heavy atom. The van der Waals surface area contributed by atoms with Crippen LogP contribution in [0, 0.1) is 0 Å². The number of hydrogen-bond acceptors (Lipinski definition) is 5. The van der Waals surface area contributed by atoms with Crippen molar-refractivity contribution in [3.8, 4) is 17.2 Å². The van der Waals surface area contributed by atoms with Crippen molar-refractivity contribution < 1.29 is 23.8 Å². The first kappa shape index (κ1) is 20.3. The molecule has 2 amide bonds. The van der Waals surface area contributed by atoms with Gasteiger partial charge in [-0.25, -0.2) is 0 Å². The molecule has 1 aliphatic heterocycles. The molecule has 0 bridgehead atoms. The van der Waals surface area contributed by atoms with Crippen molar-refractivity contribution in [3.05, 3.63) is 77.9 Å². The highest BCUT2D eigenvalue weighted by molar-refractivity contribution is 6.05. The summed E-state index contributed by atoms with van der Waals surface area (Å²) in [5, 5.41) is 2.87. The van der Waals surface area contributed by atoms with Crippen molar-refractivity contribution in [3.63, 3.8) is 0 Å². The van der Waals surface area contributed by atoms with Crippen LogP contribution < -0.4 is 24.4 Å². The van der Waals surface area contributed by atoms with E-state index < -0.39 is 0 Å². The van der Waals surface area contributed by atoms with E-state index in [2.05, 4.69) is 5.32 Å². The average Bonchev–Trinajstić information content (AvgIpc) is 2.81. The minimum atomic E-state index is -0.307. The Balaban J connectivity index is 1.58. The molecule has 0 saturated heterocycles. The number of methoxy groups -OCH3 is 2. The number of nitrogens with one attached hydrogen (secondary N) is 1. The number of hydrogen-bond donors (Lipinski definition) is 1. The van der Waals surface area contributed by atoms with E-state index in [0.717, 1.165) is 5.56 Å². The lowest BCUT2D eigenvalue weighted by molar-refractivity contribution is -0.121. The molecule has 3 aromatic rings. The molecular formula is C24H22N2O5. The second-order valence-electron chi connectivity index (χ2n) is 6.96. The van der Waals surface area contributed by atoms with Gasteiger partial charge in [-0.15, -0.1) is 0 Å². The van der Waals surface area contributed by atoms with Gasteiger partial charge < -0.3 is 24.4 Å². The van der Waals surface area contributed by atoms with Crippen LogP contribution in [-0.2, 0) is 11.3 Å². The molecular weight excluding hydrogens is 396 g/mol. The van der Waals surface area contributed by atoms with Gasteiger partial charge in [0.15, 0.2) is 18.1 Å². The van der Waals surface area contributed by atoms with E-state index in [1.807, 2.05) is 30.3 Å². The molecule has 1 aliphatic rings. The number of carbonyl (C=O) groups excluding carboxylic acids is 2. The summed E-state index contributed by atoms with van der Waals surface area (Å²) < 4.78 is 16.1. The number of ether oxygens (including phenoxy) is 3. The Bertz CT molecular complexity index is 1110. The maximum absolute atomic E-state index is 12.8. The Morgan fingerprint density at radius 1 is 1.00 bits per heavy atom. The molecule has 1 N–H and O–H groups in total. The van der Waals surface area contributed by atoms with Gasteiger partial charge in [-0.3, -0.25) is 9.59 Å². The molecule has 0 atom stereocenters. The van der Waals surface area contributed by atoms with E-state index in [0.29, 0.717) is 40.7 Å². The standard InChI is InChI=1S/C24H22N2O5/c1-29-21-10-8-17(12-22(21)30-2)24(28)25-18-9-11-20-19(13-18)26(23(27)15-31-20)14-16-6-4-3-5-7-16/h3-13H,14-15H2,1-2H3,(H,25,28). The maximum Gasteiger partial charge on any atom is 0.265 e. The number of amides is 2. The molecule has 0 aromatic heterocycles. The van der Waals surface area contributed by atoms with E-state index in [-0.39, 0.29) is 18.4 Å². The van der Waals surface area contributed by atoms with E-state index >= 15 is 0 Å². The molecule has 0 fully saturated rings. The first-order valence-electron chi connectivity index (χ1n) is 9.73. The highest BCUT2D eigenvalue weighted by Crippen LogP contribution is 2.36. The Kier molecular flexibility index (Phi) is 5.75. The summed E-state index contributed by atoms with van der Waals surface area (Å²) >= 11 is 0. The third kappa shape index (κ3) is 4.30. The van der Waals surface area contributed by atoms with Crippen molar-refractivity contribution in [2.24, 2.45) is 0 Å². The molecule has 158 valence electrons. The highest BCUT2D eigenvalue weighted by atomic mass is 16.5. The van der Waals surface area contributed by atoms with Gasteiger partial charge in [0.2, 0.25) is 0 Å². The Morgan fingerprint density at radius 2 is 1.77 bits per heavy atom. The number of anilines is 2. The van der Waals surface area contributed by atoms with Gasteiger partial charge in [-0.2, -0.15) is 0 Å². The zero-order chi connectivity index (χ0) is 21.8. The van der Waals surface area contributed by atoms with Gasteiger partial charge >= 0.3 is 0 Å². The van der Waals surface area contributed by atoms with Gasteiger partial charge in [-0.05, 0) is 42.0 Å². The van der Waals surface area contributed by atoms with Crippen molar-refractivity contribution in [1.29, 1.82) is 0 Å². The van der Waals surface area contributed by atoms with Gasteiger partial charge in [-0.1, -0.05) is 30.3 Å². The van der Waals surface area contributed by atoms with Crippen LogP contribution in [0.15, 0.2) is 66.7 Å². The first-order valence-corrected chi connectivity index (χ1v) is 9.73. The van der Waals surface area contributed by atoms with Gasteiger partial charge in [0.1, 0.15) is 5.75 Å². The Hall–Kier alpha value is -4.00. The van der Waals surface area contributed by atoms with Gasteiger partial charge in [0.25, 0.3) is 11.8 Å². The lowest BCUT2D eigenvalue weighted by atomic mass is 10.1. The zero-order valence-electron chi connectivity index (χ0n) is 17.3. The second-order valence-corrected chi connectivity index (χ2v) is 6.96. The quantitative estimate of drug-likeness (QED) is 0.657. The molecule has 7 heteroatoms. The molecule has 0 radical (unpaired) electrons. The number of benzene rings is 3. The largest absolute Gasteiger partial charge is 0.493 e. The average molecular weight is 418 g/mol. The number of carbonyl (C=O) groups is 2. The summed E-state index contributed by atoms with van der Waals surface area (Å²) in [6.07, 6.45) is 0. The predicted molar refractivity (Wildman–Crippen MR) is 117 cm³/mol. The third-order valence-electron chi connectivity index (χ3n) is 4.99. The van der Waals surface area contributed by atoms with Crippen LogP contribution in [0.3, 0.4) is 0 Å². The predicted octanol–water partition coefficient (Wildman–Crippen LogP) is 3.88. The molecule has 3 aromatic carbocycles. The summed E-state index contributed by atoms with van der Waals surface area (Å²) in [7, 11) is 3.05. The smallest absolute Gasteiger partial charge is 0.265 e. The van der Waals surface area contributed by atoms with Crippen molar-refractivity contribution >= 4 is 23.2 Å². The topological polar surface area (TPSA) is 77.1 Å². The van der Waals surface area contributed by atoms with Crippen molar-refractivity contribution in [2.75, 3.05) is 31.0 Å². The lowest BCUT2D eigenvalue weighted by Gasteiger charge is -2.30. The van der Waals surface area contributed by atoms with Crippen LogP contribution in [0.2, 0.25) is 0 Å². The summed E-state index contributed by atoms with van der Waals surface area (Å²) in [5.41, 5.74) is 2.59. The number of nitrogens with zero attached hydrogens (tertiary/aromatic N) is 1. The fourth-order valence-electron chi connectivity index (χ4n) is 3.40. The van der Waals surface area contributed by atoms with Crippen LogP contribution >= 0.6 is 0 Å². The summed E-state index contributed by atoms with van der Waals surface area (Å²) in [6.45, 7) is 0.403. The number of rotatable bonds is 6. The monoisotopic (exact) mass is 418 g/mol. The molecule has 0 aliphatic carbocycles.